The summed E-state index contributed by atoms with van der Waals surface area (Å²) in [6.07, 6.45) is 0. The van der Waals surface area contributed by atoms with Crippen molar-refractivity contribution in [1.82, 2.24) is 0 Å². The highest BCUT2D eigenvalue weighted by atomic mass is 16.6. The van der Waals surface area contributed by atoms with Crippen molar-refractivity contribution in [3.05, 3.63) is 33.9 Å². The number of aliphatic hydroxyl groups is 1. The number of nitrogens with zero attached hydrogens (tertiary/aromatic N) is 1. The van der Waals surface area contributed by atoms with E-state index in [1.807, 2.05) is 0 Å². The van der Waals surface area contributed by atoms with Gasteiger partial charge >= 0.3 is 5.97 Å². The lowest BCUT2D eigenvalue weighted by Gasteiger charge is -2.24. The van der Waals surface area contributed by atoms with Gasteiger partial charge in [0.15, 0.2) is 0 Å². The van der Waals surface area contributed by atoms with E-state index < -0.39 is 16.4 Å². The van der Waals surface area contributed by atoms with Gasteiger partial charge in [0.2, 0.25) is 0 Å². The number of carboxylic acids is 1. The number of nitro benzene ring substituents is 1. The van der Waals surface area contributed by atoms with Gasteiger partial charge in [-0.15, -0.1) is 0 Å². The second kappa shape index (κ2) is 5.01. The van der Waals surface area contributed by atoms with Crippen LogP contribution in [0.3, 0.4) is 0 Å². The predicted molar refractivity (Wildman–Crippen MR) is 64.8 cm³/mol. The maximum Gasteiger partial charge on any atom is 0.335 e. The minimum Gasteiger partial charge on any atom is -0.478 e. The van der Waals surface area contributed by atoms with Gasteiger partial charge in [-0.1, -0.05) is 0 Å². The lowest BCUT2D eigenvalue weighted by atomic mass is 10.1. The van der Waals surface area contributed by atoms with Crippen molar-refractivity contribution in [3.63, 3.8) is 0 Å². The number of hydrogen-bond acceptors (Lipinski definition) is 5. The summed E-state index contributed by atoms with van der Waals surface area (Å²) in [6, 6.07) is 3.57. The minimum atomic E-state index is -1.23. The maximum atomic E-state index is 10.9. The number of carbonyl (C=O) groups is 1. The smallest absolute Gasteiger partial charge is 0.335 e. The zero-order valence-electron chi connectivity index (χ0n) is 10.0. The first-order chi connectivity index (χ1) is 8.26. The van der Waals surface area contributed by atoms with Crippen LogP contribution in [0.4, 0.5) is 11.4 Å². The number of aromatic carboxylic acids is 1. The van der Waals surface area contributed by atoms with Crippen LogP contribution in [0.2, 0.25) is 0 Å². The lowest BCUT2D eigenvalue weighted by Crippen LogP contribution is -2.35. The third kappa shape index (κ3) is 3.17. The average Bonchev–Trinajstić information content (AvgIpc) is 2.28. The molecule has 0 atom stereocenters. The summed E-state index contributed by atoms with van der Waals surface area (Å²) in [5.74, 6) is -1.23. The van der Waals surface area contributed by atoms with Crippen molar-refractivity contribution < 1.29 is 19.9 Å². The molecular formula is C11H14N2O5. The molecule has 7 heteroatoms. The molecule has 1 aromatic rings. The molecule has 0 spiro atoms. The molecule has 0 fully saturated rings. The van der Waals surface area contributed by atoms with Crippen molar-refractivity contribution >= 4 is 17.3 Å². The molecule has 0 radical (unpaired) electrons. The Morgan fingerprint density at radius 2 is 2.11 bits per heavy atom. The molecule has 0 aromatic heterocycles. The highest BCUT2D eigenvalue weighted by Gasteiger charge is 2.23. The fraction of sp³-hybridized carbons (Fsp3) is 0.364. The molecular weight excluding hydrogens is 240 g/mol. The number of nitro groups is 1. The lowest BCUT2D eigenvalue weighted by molar-refractivity contribution is -0.384. The van der Waals surface area contributed by atoms with Gasteiger partial charge in [-0.2, -0.15) is 0 Å². The standard InChI is InChI=1S/C11H14N2O5/c1-11(2,6-14)12-8-4-3-7(10(15)16)5-9(8)13(17)18/h3-5,12,14H,6H2,1-2H3,(H,15,16). The molecule has 18 heavy (non-hydrogen) atoms. The van der Waals surface area contributed by atoms with Gasteiger partial charge in [0.1, 0.15) is 5.69 Å². The van der Waals surface area contributed by atoms with Crippen LogP contribution < -0.4 is 5.32 Å². The maximum absolute atomic E-state index is 10.9. The van der Waals surface area contributed by atoms with E-state index in [4.69, 9.17) is 10.2 Å². The monoisotopic (exact) mass is 254 g/mol. The van der Waals surface area contributed by atoms with Crippen molar-refractivity contribution in [2.24, 2.45) is 0 Å². The Bertz CT molecular complexity index is 484. The van der Waals surface area contributed by atoms with Gasteiger partial charge in [0.25, 0.3) is 5.69 Å². The molecule has 0 saturated heterocycles. The van der Waals surface area contributed by atoms with E-state index in [1.54, 1.807) is 13.8 Å². The third-order valence-electron chi connectivity index (χ3n) is 2.31. The summed E-state index contributed by atoms with van der Waals surface area (Å²) in [5.41, 5.74) is -1.07. The van der Waals surface area contributed by atoms with E-state index in [2.05, 4.69) is 5.32 Å². The fourth-order valence-corrected chi connectivity index (χ4v) is 1.33. The van der Waals surface area contributed by atoms with E-state index in [0.717, 1.165) is 6.07 Å². The second-order valence-corrected chi connectivity index (χ2v) is 4.46. The summed E-state index contributed by atoms with van der Waals surface area (Å²) in [4.78, 5) is 21.0. The molecule has 0 bridgehead atoms. The summed E-state index contributed by atoms with van der Waals surface area (Å²) in [5, 5.41) is 31.6. The SMILES string of the molecule is CC(C)(CO)Nc1ccc(C(=O)O)cc1[N+](=O)[O-]. The third-order valence-corrected chi connectivity index (χ3v) is 2.31. The molecule has 7 nitrogen and oxygen atoms in total. The van der Waals surface area contributed by atoms with Crippen molar-refractivity contribution in [2.75, 3.05) is 11.9 Å². The van der Waals surface area contributed by atoms with E-state index in [1.165, 1.54) is 12.1 Å². The van der Waals surface area contributed by atoms with E-state index in [-0.39, 0.29) is 23.5 Å². The first-order valence-electron chi connectivity index (χ1n) is 5.17. The van der Waals surface area contributed by atoms with Crippen LogP contribution in [-0.4, -0.2) is 33.3 Å². The zero-order chi connectivity index (χ0) is 13.9. The minimum absolute atomic E-state index is 0.158. The number of benzene rings is 1. The summed E-state index contributed by atoms with van der Waals surface area (Å²) in [7, 11) is 0. The van der Waals surface area contributed by atoms with Gasteiger partial charge in [-0.3, -0.25) is 10.1 Å². The van der Waals surface area contributed by atoms with Crippen LogP contribution in [0.15, 0.2) is 18.2 Å². The molecule has 0 saturated carbocycles. The van der Waals surface area contributed by atoms with Crippen LogP contribution in [0.5, 0.6) is 0 Å². The molecule has 0 aliphatic carbocycles. The summed E-state index contributed by atoms with van der Waals surface area (Å²) < 4.78 is 0. The molecule has 0 amide bonds. The Labute approximate surface area is 103 Å². The van der Waals surface area contributed by atoms with E-state index in [0.29, 0.717) is 0 Å². The number of aliphatic hydroxyl groups excluding tert-OH is 1. The zero-order valence-corrected chi connectivity index (χ0v) is 10.0. The number of nitrogens with one attached hydrogen (secondary N) is 1. The van der Waals surface area contributed by atoms with Crippen LogP contribution >= 0.6 is 0 Å². The van der Waals surface area contributed by atoms with Crippen molar-refractivity contribution in [3.8, 4) is 0 Å². The Kier molecular flexibility index (Phi) is 3.87. The highest BCUT2D eigenvalue weighted by molar-refractivity contribution is 5.89. The van der Waals surface area contributed by atoms with Crippen molar-refractivity contribution in [1.29, 1.82) is 0 Å². The number of anilines is 1. The Morgan fingerprint density at radius 1 is 1.50 bits per heavy atom. The normalized spacial score (nSPS) is 11.1. The van der Waals surface area contributed by atoms with Crippen LogP contribution in [0.25, 0.3) is 0 Å². The topological polar surface area (TPSA) is 113 Å². The van der Waals surface area contributed by atoms with E-state index >= 15 is 0 Å². The van der Waals surface area contributed by atoms with Crippen LogP contribution in [-0.2, 0) is 0 Å². The van der Waals surface area contributed by atoms with Crippen molar-refractivity contribution in [2.45, 2.75) is 19.4 Å². The van der Waals surface area contributed by atoms with Gasteiger partial charge in [-0.25, -0.2) is 4.79 Å². The molecule has 0 aliphatic heterocycles. The van der Waals surface area contributed by atoms with Gasteiger partial charge in [-0.05, 0) is 26.0 Å². The number of hydrogen-bond donors (Lipinski definition) is 3. The number of rotatable bonds is 5. The van der Waals surface area contributed by atoms with E-state index in [9.17, 15) is 14.9 Å². The molecule has 1 rings (SSSR count). The Hall–Kier alpha value is -2.15. The number of carboxylic acid groups (broad SMARTS) is 1. The molecule has 0 heterocycles. The summed E-state index contributed by atoms with van der Waals surface area (Å²) in [6.45, 7) is 3.12. The van der Waals surface area contributed by atoms with Gasteiger partial charge in [0, 0.05) is 6.07 Å². The molecule has 98 valence electrons. The predicted octanol–water partition coefficient (Wildman–Crippen LogP) is 1.48. The molecule has 0 unspecified atom stereocenters. The highest BCUT2D eigenvalue weighted by Crippen LogP contribution is 2.28. The van der Waals surface area contributed by atoms with Gasteiger partial charge in [0.05, 0.1) is 22.6 Å². The molecule has 1 aromatic carbocycles. The largest absolute Gasteiger partial charge is 0.478 e. The Balaban J connectivity index is 3.20. The molecule has 0 aliphatic rings. The van der Waals surface area contributed by atoms with Gasteiger partial charge < -0.3 is 15.5 Å². The average molecular weight is 254 g/mol. The quantitative estimate of drug-likeness (QED) is 0.541. The van der Waals surface area contributed by atoms with Crippen LogP contribution in [0, 0.1) is 10.1 Å². The molecule has 3 N–H and O–H groups in total. The first-order valence-corrected chi connectivity index (χ1v) is 5.17. The first kappa shape index (κ1) is 13.9. The second-order valence-electron chi connectivity index (χ2n) is 4.46. The Morgan fingerprint density at radius 3 is 2.56 bits per heavy atom. The van der Waals surface area contributed by atoms with Crippen LogP contribution in [0.1, 0.15) is 24.2 Å². The summed E-state index contributed by atoms with van der Waals surface area (Å²) >= 11 is 0. The fourth-order valence-electron chi connectivity index (χ4n) is 1.33.